The maximum Gasteiger partial charge on any atom is 0.374 e. The highest BCUT2D eigenvalue weighted by molar-refractivity contribution is 6.05. The van der Waals surface area contributed by atoms with Crippen LogP contribution in [0.3, 0.4) is 0 Å². The fraction of sp³-hybridized carbons (Fsp3) is 0.333. The molecule has 2 aromatic heterocycles. The molecular formula is C21H22N2O6. The summed E-state index contributed by atoms with van der Waals surface area (Å²) in [5.41, 5.74) is 7.41. The molecule has 8 nitrogen and oxygen atoms in total. The summed E-state index contributed by atoms with van der Waals surface area (Å²) in [5, 5.41) is 0.816. The SMILES string of the molecule is CCCc1c2nc(C(=O)OCC)cc(N)c2cc2c(=O)cc(C(=O)OCC)oc12. The van der Waals surface area contributed by atoms with Gasteiger partial charge in [0.1, 0.15) is 5.58 Å². The molecule has 0 aliphatic carbocycles. The van der Waals surface area contributed by atoms with Crippen LogP contribution in [0.5, 0.6) is 0 Å². The lowest BCUT2D eigenvalue weighted by Gasteiger charge is -2.13. The Morgan fingerprint density at radius 1 is 1.03 bits per heavy atom. The van der Waals surface area contributed by atoms with Gasteiger partial charge in [-0.2, -0.15) is 0 Å². The van der Waals surface area contributed by atoms with Crippen molar-refractivity contribution in [3.05, 3.63) is 45.4 Å². The number of pyridine rings is 1. The van der Waals surface area contributed by atoms with Gasteiger partial charge in [-0.15, -0.1) is 0 Å². The van der Waals surface area contributed by atoms with E-state index in [-0.39, 0.29) is 41.1 Å². The molecule has 1 aromatic carbocycles. The van der Waals surface area contributed by atoms with Crippen molar-refractivity contribution in [3.63, 3.8) is 0 Å². The Morgan fingerprint density at radius 3 is 2.38 bits per heavy atom. The van der Waals surface area contributed by atoms with Crippen molar-refractivity contribution in [2.24, 2.45) is 0 Å². The number of aryl methyl sites for hydroxylation is 1. The number of carbonyl (C=O) groups is 2. The van der Waals surface area contributed by atoms with E-state index in [0.29, 0.717) is 35.0 Å². The molecule has 0 fully saturated rings. The maximum absolute atomic E-state index is 12.7. The normalized spacial score (nSPS) is 11.0. The number of nitrogen functional groups attached to an aromatic ring is 1. The summed E-state index contributed by atoms with van der Waals surface area (Å²) in [6.45, 7) is 5.67. The van der Waals surface area contributed by atoms with Crippen LogP contribution in [0.15, 0.2) is 27.4 Å². The van der Waals surface area contributed by atoms with E-state index < -0.39 is 11.9 Å². The minimum absolute atomic E-state index is 0.0671. The Balaban J connectivity index is 2.38. The highest BCUT2D eigenvalue weighted by atomic mass is 16.5. The lowest BCUT2D eigenvalue weighted by Crippen LogP contribution is -2.12. The van der Waals surface area contributed by atoms with Crippen molar-refractivity contribution in [1.29, 1.82) is 0 Å². The van der Waals surface area contributed by atoms with Gasteiger partial charge in [0.05, 0.1) is 24.1 Å². The molecule has 0 unspecified atom stereocenters. The number of nitrogens with zero attached hydrogens (tertiary/aromatic N) is 1. The van der Waals surface area contributed by atoms with Crippen LogP contribution in [0, 0.1) is 0 Å². The molecular weight excluding hydrogens is 376 g/mol. The van der Waals surface area contributed by atoms with Crippen molar-refractivity contribution in [2.45, 2.75) is 33.6 Å². The molecule has 0 saturated carbocycles. The number of nitrogens with two attached hydrogens (primary N) is 1. The van der Waals surface area contributed by atoms with Crippen molar-refractivity contribution >= 4 is 39.5 Å². The van der Waals surface area contributed by atoms with Gasteiger partial charge in [-0.25, -0.2) is 14.6 Å². The number of aromatic nitrogens is 1. The molecule has 0 atom stereocenters. The molecule has 152 valence electrons. The van der Waals surface area contributed by atoms with Crippen molar-refractivity contribution in [2.75, 3.05) is 18.9 Å². The third kappa shape index (κ3) is 3.78. The molecule has 0 spiro atoms. The average Bonchev–Trinajstić information content (AvgIpc) is 2.69. The molecule has 8 heteroatoms. The highest BCUT2D eigenvalue weighted by Gasteiger charge is 2.21. The quantitative estimate of drug-likeness (QED) is 0.496. The largest absolute Gasteiger partial charge is 0.461 e. The predicted molar refractivity (Wildman–Crippen MR) is 108 cm³/mol. The number of esters is 2. The number of benzene rings is 1. The Hall–Kier alpha value is -3.42. The van der Waals surface area contributed by atoms with Gasteiger partial charge in [0.15, 0.2) is 11.1 Å². The molecule has 0 amide bonds. The fourth-order valence-electron chi connectivity index (χ4n) is 3.17. The van der Waals surface area contributed by atoms with Gasteiger partial charge < -0.3 is 19.6 Å². The second-order valence-corrected chi connectivity index (χ2v) is 6.39. The minimum Gasteiger partial charge on any atom is -0.461 e. The van der Waals surface area contributed by atoms with Crippen LogP contribution in [0.1, 0.15) is 53.8 Å². The van der Waals surface area contributed by atoms with Crippen molar-refractivity contribution < 1.29 is 23.5 Å². The van der Waals surface area contributed by atoms with Crippen LogP contribution in [-0.2, 0) is 15.9 Å². The molecule has 0 aliphatic rings. The van der Waals surface area contributed by atoms with Gasteiger partial charge in [0, 0.05) is 22.7 Å². The summed E-state index contributed by atoms with van der Waals surface area (Å²) in [7, 11) is 0. The molecule has 29 heavy (non-hydrogen) atoms. The van der Waals surface area contributed by atoms with Gasteiger partial charge in [-0.05, 0) is 32.4 Å². The number of anilines is 1. The second kappa shape index (κ2) is 8.30. The summed E-state index contributed by atoms with van der Waals surface area (Å²) in [6.07, 6.45) is 1.22. The molecule has 2 heterocycles. The van der Waals surface area contributed by atoms with E-state index in [2.05, 4.69) is 4.98 Å². The number of rotatable bonds is 6. The summed E-state index contributed by atoms with van der Waals surface area (Å²) < 4.78 is 15.7. The summed E-state index contributed by atoms with van der Waals surface area (Å²) in [4.78, 5) is 41.4. The number of hydrogen-bond acceptors (Lipinski definition) is 8. The van der Waals surface area contributed by atoms with Crippen LogP contribution in [0.25, 0.3) is 21.9 Å². The van der Waals surface area contributed by atoms with E-state index in [9.17, 15) is 14.4 Å². The van der Waals surface area contributed by atoms with Crippen LogP contribution in [0.4, 0.5) is 5.69 Å². The van der Waals surface area contributed by atoms with Gasteiger partial charge in [-0.1, -0.05) is 13.3 Å². The lowest BCUT2D eigenvalue weighted by atomic mass is 10.00. The van der Waals surface area contributed by atoms with Crippen LogP contribution in [-0.4, -0.2) is 30.1 Å². The van der Waals surface area contributed by atoms with Crippen LogP contribution in [0.2, 0.25) is 0 Å². The Labute approximate surface area is 166 Å². The topological polar surface area (TPSA) is 122 Å². The number of fused-ring (bicyclic) bond motifs is 2. The van der Waals surface area contributed by atoms with E-state index >= 15 is 0 Å². The van der Waals surface area contributed by atoms with Gasteiger partial charge in [-0.3, -0.25) is 4.79 Å². The minimum atomic E-state index is -0.721. The number of hydrogen-bond donors (Lipinski definition) is 1. The van der Waals surface area contributed by atoms with E-state index in [0.717, 1.165) is 6.07 Å². The van der Waals surface area contributed by atoms with E-state index in [1.165, 1.54) is 6.07 Å². The summed E-state index contributed by atoms with van der Waals surface area (Å²) >= 11 is 0. The molecule has 0 bridgehead atoms. The Bertz CT molecular complexity index is 1170. The fourth-order valence-corrected chi connectivity index (χ4v) is 3.17. The number of ether oxygens (including phenoxy) is 2. The zero-order valence-electron chi connectivity index (χ0n) is 16.5. The second-order valence-electron chi connectivity index (χ2n) is 6.39. The molecule has 2 N–H and O–H groups in total. The third-order valence-electron chi connectivity index (χ3n) is 4.38. The highest BCUT2D eigenvalue weighted by Crippen LogP contribution is 2.31. The standard InChI is InChI=1S/C21H22N2O6/c1-4-7-11-18-12(14(22)9-15(23-18)20(25)27-5-2)8-13-16(24)10-17(29-19(11)13)21(26)28-6-3/h8-10H,4-7H2,1-3H3,(H2,22,23). The van der Waals surface area contributed by atoms with E-state index in [4.69, 9.17) is 19.6 Å². The Morgan fingerprint density at radius 2 is 1.72 bits per heavy atom. The van der Waals surface area contributed by atoms with Gasteiger partial charge in [0.25, 0.3) is 0 Å². The smallest absolute Gasteiger partial charge is 0.374 e. The molecule has 3 rings (SSSR count). The summed E-state index contributed by atoms with van der Waals surface area (Å²) in [6, 6.07) is 4.11. The van der Waals surface area contributed by atoms with Crippen molar-refractivity contribution in [3.8, 4) is 0 Å². The first kappa shape index (κ1) is 20.3. The average molecular weight is 398 g/mol. The summed E-state index contributed by atoms with van der Waals surface area (Å²) in [5.74, 6) is -1.50. The lowest BCUT2D eigenvalue weighted by molar-refractivity contribution is 0.0488. The first-order valence-corrected chi connectivity index (χ1v) is 9.45. The first-order valence-electron chi connectivity index (χ1n) is 9.45. The molecule has 0 saturated heterocycles. The Kier molecular flexibility index (Phi) is 5.81. The first-order chi connectivity index (χ1) is 13.9. The van der Waals surface area contributed by atoms with Crippen LogP contribution >= 0.6 is 0 Å². The number of carbonyl (C=O) groups excluding carboxylic acids is 2. The molecule has 0 radical (unpaired) electrons. The van der Waals surface area contributed by atoms with Crippen LogP contribution < -0.4 is 11.2 Å². The molecule has 0 aliphatic heterocycles. The predicted octanol–water partition coefficient (Wildman–Crippen LogP) is 3.23. The zero-order chi connectivity index (χ0) is 21.1. The third-order valence-corrected chi connectivity index (χ3v) is 4.38. The van der Waals surface area contributed by atoms with E-state index in [1.807, 2.05) is 6.92 Å². The zero-order valence-corrected chi connectivity index (χ0v) is 16.5. The van der Waals surface area contributed by atoms with Gasteiger partial charge >= 0.3 is 11.9 Å². The van der Waals surface area contributed by atoms with E-state index in [1.54, 1.807) is 19.9 Å². The molecule has 3 aromatic rings. The van der Waals surface area contributed by atoms with Gasteiger partial charge in [0.2, 0.25) is 5.76 Å². The monoisotopic (exact) mass is 398 g/mol. The maximum atomic E-state index is 12.7. The van der Waals surface area contributed by atoms with Crippen molar-refractivity contribution in [1.82, 2.24) is 4.98 Å².